The monoisotopic (exact) mass is 287 g/mol. The van der Waals surface area contributed by atoms with Gasteiger partial charge in [0.2, 0.25) is 0 Å². The van der Waals surface area contributed by atoms with Crippen LogP contribution in [-0.4, -0.2) is 18.4 Å². The molecule has 2 rings (SSSR count). The molecule has 0 aliphatic carbocycles. The van der Waals surface area contributed by atoms with Gasteiger partial charge in [-0.15, -0.1) is 0 Å². The number of sulfonamides is 1. The number of hydrogen-bond acceptors (Lipinski definition) is 4. The van der Waals surface area contributed by atoms with Gasteiger partial charge in [0.1, 0.15) is 10.0 Å². The van der Waals surface area contributed by atoms with E-state index in [2.05, 4.69) is 14.7 Å². The lowest BCUT2D eigenvalue weighted by Gasteiger charge is -2.07. The van der Waals surface area contributed by atoms with Crippen LogP contribution in [0.5, 0.6) is 0 Å². The van der Waals surface area contributed by atoms with Crippen LogP contribution in [-0.2, 0) is 10.0 Å². The zero-order valence-electron chi connectivity index (χ0n) is 8.84. The number of aromatic nitrogens is 2. The molecule has 8 heteroatoms. The average molecular weight is 288 g/mol. The van der Waals surface area contributed by atoms with Gasteiger partial charge in [-0.2, -0.15) is 0 Å². The number of nitrogens with one attached hydrogen (secondary N) is 1. The first-order chi connectivity index (χ1) is 8.49. The maximum absolute atomic E-state index is 13.3. The standard InChI is InChI=1S/C10H7ClFN3O2S/c11-10-2-1-7(5-14-10)18(16,17)15-9-3-4-13-6-8(9)12/h1-6H,(H,13,15). The minimum atomic E-state index is -3.89. The van der Waals surface area contributed by atoms with E-state index in [0.717, 1.165) is 12.4 Å². The second-order valence-corrected chi connectivity index (χ2v) is 5.35. The normalized spacial score (nSPS) is 11.2. The minimum absolute atomic E-state index is 0.108. The van der Waals surface area contributed by atoms with Crippen molar-refractivity contribution in [2.75, 3.05) is 4.72 Å². The van der Waals surface area contributed by atoms with E-state index in [1.807, 2.05) is 0 Å². The summed E-state index contributed by atoms with van der Waals surface area (Å²) in [6, 6.07) is 3.83. The first-order valence-electron chi connectivity index (χ1n) is 4.73. The second kappa shape index (κ2) is 4.87. The van der Waals surface area contributed by atoms with E-state index in [1.165, 1.54) is 24.4 Å². The van der Waals surface area contributed by atoms with E-state index in [4.69, 9.17) is 11.6 Å². The molecule has 5 nitrogen and oxygen atoms in total. The molecule has 0 amide bonds. The van der Waals surface area contributed by atoms with Gasteiger partial charge in [0.05, 0.1) is 11.9 Å². The first-order valence-corrected chi connectivity index (χ1v) is 6.59. The highest BCUT2D eigenvalue weighted by molar-refractivity contribution is 7.92. The molecule has 0 spiro atoms. The fraction of sp³-hybridized carbons (Fsp3) is 0. The second-order valence-electron chi connectivity index (χ2n) is 3.28. The Balaban J connectivity index is 2.33. The quantitative estimate of drug-likeness (QED) is 0.877. The van der Waals surface area contributed by atoms with Gasteiger partial charge in [-0.05, 0) is 18.2 Å². The number of anilines is 1. The summed E-state index contributed by atoms with van der Waals surface area (Å²) >= 11 is 5.55. The molecule has 2 heterocycles. The van der Waals surface area contributed by atoms with Crippen LogP contribution >= 0.6 is 11.6 Å². The van der Waals surface area contributed by atoms with Crippen LogP contribution < -0.4 is 4.72 Å². The van der Waals surface area contributed by atoms with Crippen molar-refractivity contribution in [3.63, 3.8) is 0 Å². The molecule has 2 aromatic heterocycles. The molecule has 0 aliphatic heterocycles. The Morgan fingerprint density at radius 3 is 2.61 bits per heavy atom. The molecule has 94 valence electrons. The predicted molar refractivity (Wildman–Crippen MR) is 64.3 cm³/mol. The predicted octanol–water partition coefficient (Wildman–Crippen LogP) is 2.07. The maximum Gasteiger partial charge on any atom is 0.263 e. The smallest absolute Gasteiger partial charge is 0.263 e. The Morgan fingerprint density at radius 2 is 2.00 bits per heavy atom. The Hall–Kier alpha value is -1.73. The molecule has 0 unspecified atom stereocenters. The summed E-state index contributed by atoms with van der Waals surface area (Å²) in [7, 11) is -3.89. The molecule has 0 bridgehead atoms. The summed E-state index contributed by atoms with van der Waals surface area (Å²) in [6.45, 7) is 0. The number of halogens is 2. The minimum Gasteiger partial charge on any atom is -0.276 e. The van der Waals surface area contributed by atoms with Crippen molar-refractivity contribution in [1.29, 1.82) is 0 Å². The van der Waals surface area contributed by atoms with Crippen LogP contribution in [0.3, 0.4) is 0 Å². The number of hydrogen-bond donors (Lipinski definition) is 1. The van der Waals surface area contributed by atoms with Gasteiger partial charge in [-0.1, -0.05) is 11.6 Å². The van der Waals surface area contributed by atoms with E-state index in [1.54, 1.807) is 0 Å². The van der Waals surface area contributed by atoms with Crippen LogP contribution in [0, 0.1) is 5.82 Å². The van der Waals surface area contributed by atoms with Gasteiger partial charge in [0, 0.05) is 12.4 Å². The molecule has 2 aromatic rings. The Bertz CT molecular complexity index is 661. The zero-order chi connectivity index (χ0) is 13.2. The van der Waals surface area contributed by atoms with Crippen molar-refractivity contribution in [3.8, 4) is 0 Å². The molecule has 0 radical (unpaired) electrons. The van der Waals surface area contributed by atoms with Crippen LogP contribution in [0.15, 0.2) is 41.7 Å². The van der Waals surface area contributed by atoms with E-state index < -0.39 is 15.8 Å². The van der Waals surface area contributed by atoms with Gasteiger partial charge in [0.25, 0.3) is 10.0 Å². The summed E-state index contributed by atoms with van der Waals surface area (Å²) in [5.41, 5.74) is -0.181. The average Bonchev–Trinajstić information content (AvgIpc) is 2.32. The van der Waals surface area contributed by atoms with E-state index in [-0.39, 0.29) is 15.7 Å². The van der Waals surface area contributed by atoms with Gasteiger partial charge >= 0.3 is 0 Å². The van der Waals surface area contributed by atoms with Gasteiger partial charge < -0.3 is 0 Å². The fourth-order valence-corrected chi connectivity index (χ4v) is 2.31. The molecular formula is C10H7ClFN3O2S. The Labute approximate surface area is 108 Å². The first kappa shape index (κ1) is 12.7. The summed E-state index contributed by atoms with van der Waals surface area (Å²) in [4.78, 5) is 7.06. The molecular weight excluding hydrogens is 281 g/mol. The van der Waals surface area contributed by atoms with Crippen molar-refractivity contribution in [2.45, 2.75) is 4.90 Å². The lowest BCUT2D eigenvalue weighted by Crippen LogP contribution is -2.14. The third-order valence-corrected chi connectivity index (χ3v) is 3.60. The molecule has 0 fully saturated rings. The number of pyridine rings is 2. The van der Waals surface area contributed by atoms with Gasteiger partial charge in [-0.25, -0.2) is 17.8 Å². The molecule has 18 heavy (non-hydrogen) atoms. The van der Waals surface area contributed by atoms with Gasteiger partial charge in [0.15, 0.2) is 5.82 Å². The summed E-state index contributed by atoms with van der Waals surface area (Å²) in [5, 5.41) is 0.170. The highest BCUT2D eigenvalue weighted by Crippen LogP contribution is 2.18. The number of nitrogens with zero attached hydrogens (tertiary/aromatic N) is 2. The Morgan fingerprint density at radius 1 is 1.22 bits per heavy atom. The van der Waals surface area contributed by atoms with E-state index >= 15 is 0 Å². The van der Waals surface area contributed by atoms with E-state index in [0.29, 0.717) is 0 Å². The van der Waals surface area contributed by atoms with E-state index in [9.17, 15) is 12.8 Å². The van der Waals surface area contributed by atoms with Crippen LogP contribution in [0.1, 0.15) is 0 Å². The molecule has 0 aromatic carbocycles. The fourth-order valence-electron chi connectivity index (χ4n) is 1.18. The molecule has 0 saturated carbocycles. The summed E-state index contributed by atoms with van der Waals surface area (Å²) in [5.74, 6) is -0.761. The van der Waals surface area contributed by atoms with Crippen LogP contribution in [0.4, 0.5) is 10.1 Å². The third kappa shape index (κ3) is 2.74. The SMILES string of the molecule is O=S(=O)(Nc1ccncc1F)c1ccc(Cl)nc1. The van der Waals surface area contributed by atoms with Crippen molar-refractivity contribution in [2.24, 2.45) is 0 Å². The highest BCUT2D eigenvalue weighted by atomic mass is 35.5. The summed E-state index contributed by atoms with van der Waals surface area (Å²) in [6.07, 6.45) is 3.28. The van der Waals surface area contributed by atoms with Crippen molar-refractivity contribution < 1.29 is 12.8 Å². The molecule has 0 atom stereocenters. The zero-order valence-corrected chi connectivity index (χ0v) is 10.4. The molecule has 0 aliphatic rings. The van der Waals surface area contributed by atoms with Crippen molar-refractivity contribution in [3.05, 3.63) is 47.8 Å². The highest BCUT2D eigenvalue weighted by Gasteiger charge is 2.16. The van der Waals surface area contributed by atoms with Gasteiger partial charge in [-0.3, -0.25) is 9.71 Å². The van der Waals surface area contributed by atoms with Crippen molar-refractivity contribution >= 4 is 27.3 Å². The van der Waals surface area contributed by atoms with Crippen LogP contribution in [0.2, 0.25) is 5.15 Å². The third-order valence-electron chi connectivity index (χ3n) is 2.03. The lowest BCUT2D eigenvalue weighted by atomic mass is 10.4. The van der Waals surface area contributed by atoms with Crippen LogP contribution in [0.25, 0.3) is 0 Å². The largest absolute Gasteiger partial charge is 0.276 e. The summed E-state index contributed by atoms with van der Waals surface area (Å²) < 4.78 is 39.1. The van der Waals surface area contributed by atoms with Crippen molar-refractivity contribution in [1.82, 2.24) is 9.97 Å². The topological polar surface area (TPSA) is 72.0 Å². The lowest BCUT2D eigenvalue weighted by molar-refractivity contribution is 0.597. The maximum atomic E-state index is 13.3. The Kier molecular flexibility index (Phi) is 3.44. The molecule has 0 saturated heterocycles. The molecule has 1 N–H and O–H groups in total. The number of rotatable bonds is 3.